The molecule has 5 N–H and O–H groups in total. The van der Waals surface area contributed by atoms with E-state index in [4.69, 9.17) is 11.6 Å². The molecule has 0 spiro atoms. The molecule has 0 bridgehead atoms. The number of hydrogen-bond donors (Lipinski definition) is 3. The summed E-state index contributed by atoms with van der Waals surface area (Å²) >= 11 is 0. The zero-order valence-electron chi connectivity index (χ0n) is 6.70. The van der Waals surface area contributed by atoms with E-state index >= 15 is 0 Å². The van der Waals surface area contributed by atoms with Crippen molar-refractivity contribution in [3.05, 3.63) is 5.82 Å². The molecular formula is C6H12N6. The predicted octanol–water partition coefficient (Wildman–Crippen LogP) is -1.35. The molecule has 1 aromatic heterocycles. The Morgan fingerprint density at radius 3 is 2.83 bits per heavy atom. The van der Waals surface area contributed by atoms with Crippen LogP contribution in [0.4, 0.5) is 5.95 Å². The van der Waals surface area contributed by atoms with E-state index in [9.17, 15) is 0 Å². The van der Waals surface area contributed by atoms with Crippen molar-refractivity contribution < 1.29 is 0 Å². The lowest BCUT2D eigenvalue weighted by Gasteiger charge is -2.05. The summed E-state index contributed by atoms with van der Waals surface area (Å²) in [5, 5.41) is 10.8. The average Bonchev–Trinajstić information content (AvgIpc) is 2.64. The van der Waals surface area contributed by atoms with Gasteiger partial charge in [-0.25, -0.2) is 4.68 Å². The number of anilines is 1. The van der Waals surface area contributed by atoms with Gasteiger partial charge in [0.1, 0.15) is 0 Å². The van der Waals surface area contributed by atoms with Crippen LogP contribution in [-0.2, 0) is 0 Å². The second-order valence-electron chi connectivity index (χ2n) is 2.98. The molecular weight excluding hydrogens is 156 g/mol. The molecule has 1 atom stereocenters. The molecule has 6 heteroatoms. The molecule has 0 aliphatic carbocycles. The van der Waals surface area contributed by atoms with E-state index in [1.165, 1.54) is 4.68 Å². The molecule has 0 radical (unpaired) electrons. The van der Waals surface area contributed by atoms with Crippen molar-refractivity contribution in [1.29, 1.82) is 0 Å². The van der Waals surface area contributed by atoms with E-state index in [2.05, 4.69) is 15.5 Å². The lowest BCUT2D eigenvalue weighted by molar-refractivity contribution is 0.674. The second kappa shape index (κ2) is 2.63. The first-order chi connectivity index (χ1) is 5.79. The maximum atomic E-state index is 5.62. The smallest absolute Gasteiger partial charge is 0.240 e. The largest absolute Gasteiger partial charge is 0.366 e. The molecule has 1 saturated heterocycles. The molecule has 1 aromatic rings. The van der Waals surface area contributed by atoms with E-state index in [1.807, 2.05) is 0 Å². The maximum Gasteiger partial charge on any atom is 0.240 e. The molecule has 6 nitrogen and oxygen atoms in total. The van der Waals surface area contributed by atoms with Crippen LogP contribution in [-0.4, -0.2) is 28.0 Å². The lowest BCUT2D eigenvalue weighted by atomic mass is 10.1. The van der Waals surface area contributed by atoms with Gasteiger partial charge < -0.3 is 16.9 Å². The predicted molar refractivity (Wildman–Crippen MR) is 44.8 cm³/mol. The highest BCUT2D eigenvalue weighted by atomic mass is 15.4. The fraction of sp³-hybridized carbons (Fsp3) is 0.667. The fourth-order valence-electron chi connectivity index (χ4n) is 1.47. The lowest BCUT2D eigenvalue weighted by Crippen LogP contribution is -2.19. The SMILES string of the molecule is Nc1nnc(C2CCNC2)n1N. The van der Waals surface area contributed by atoms with E-state index in [1.54, 1.807) is 0 Å². The Labute approximate surface area is 69.9 Å². The standard InChI is InChI=1S/C6H12N6/c7-6-11-10-5(12(6)8)4-1-2-9-3-4/h4,9H,1-3,8H2,(H2,7,11). The van der Waals surface area contributed by atoms with Crippen molar-refractivity contribution in [2.45, 2.75) is 12.3 Å². The number of nitrogens with two attached hydrogens (primary N) is 2. The molecule has 0 amide bonds. The van der Waals surface area contributed by atoms with Gasteiger partial charge in [0.2, 0.25) is 5.95 Å². The molecule has 1 aliphatic heterocycles. The summed E-state index contributed by atoms with van der Waals surface area (Å²) in [6.45, 7) is 1.92. The van der Waals surface area contributed by atoms with Gasteiger partial charge in [0, 0.05) is 12.5 Å². The van der Waals surface area contributed by atoms with E-state index in [0.717, 1.165) is 25.3 Å². The molecule has 2 rings (SSSR count). The summed E-state index contributed by atoms with van der Waals surface area (Å²) in [7, 11) is 0. The third-order valence-corrected chi connectivity index (χ3v) is 2.17. The summed E-state index contributed by atoms with van der Waals surface area (Å²) in [4.78, 5) is 0. The molecule has 0 saturated carbocycles. The minimum absolute atomic E-state index is 0.275. The summed E-state index contributed by atoms with van der Waals surface area (Å²) in [5.41, 5.74) is 5.45. The summed E-state index contributed by atoms with van der Waals surface area (Å²) in [6.07, 6.45) is 1.05. The van der Waals surface area contributed by atoms with Gasteiger partial charge in [0.15, 0.2) is 5.82 Å². The van der Waals surface area contributed by atoms with Crippen LogP contribution < -0.4 is 16.9 Å². The first kappa shape index (κ1) is 7.35. The van der Waals surface area contributed by atoms with Crippen molar-refractivity contribution in [2.24, 2.45) is 0 Å². The highest BCUT2D eigenvalue weighted by Gasteiger charge is 2.22. The Morgan fingerprint density at radius 2 is 2.33 bits per heavy atom. The van der Waals surface area contributed by atoms with Gasteiger partial charge in [0.05, 0.1) is 0 Å². The quantitative estimate of drug-likeness (QED) is 0.451. The van der Waals surface area contributed by atoms with Gasteiger partial charge in [-0.1, -0.05) is 0 Å². The Balaban J connectivity index is 2.26. The van der Waals surface area contributed by atoms with Crippen molar-refractivity contribution in [2.75, 3.05) is 24.7 Å². The van der Waals surface area contributed by atoms with Crippen molar-refractivity contribution >= 4 is 5.95 Å². The molecule has 1 unspecified atom stereocenters. The molecule has 0 aromatic carbocycles. The van der Waals surface area contributed by atoms with E-state index < -0.39 is 0 Å². The van der Waals surface area contributed by atoms with Gasteiger partial charge in [-0.05, 0) is 13.0 Å². The third kappa shape index (κ3) is 1.00. The van der Waals surface area contributed by atoms with Gasteiger partial charge in [-0.2, -0.15) is 0 Å². The van der Waals surface area contributed by atoms with Gasteiger partial charge in [-0.3, -0.25) is 0 Å². The van der Waals surface area contributed by atoms with Crippen LogP contribution in [0.15, 0.2) is 0 Å². The first-order valence-electron chi connectivity index (χ1n) is 3.95. The maximum absolute atomic E-state index is 5.62. The average molecular weight is 168 g/mol. The van der Waals surface area contributed by atoms with Crippen LogP contribution in [0.2, 0.25) is 0 Å². The van der Waals surface area contributed by atoms with Crippen molar-refractivity contribution in [1.82, 2.24) is 20.2 Å². The molecule has 66 valence electrons. The van der Waals surface area contributed by atoms with E-state index in [-0.39, 0.29) is 5.95 Å². The first-order valence-corrected chi connectivity index (χ1v) is 3.95. The molecule has 1 fully saturated rings. The Morgan fingerprint density at radius 1 is 1.50 bits per heavy atom. The van der Waals surface area contributed by atoms with Crippen molar-refractivity contribution in [3.63, 3.8) is 0 Å². The van der Waals surface area contributed by atoms with Crippen LogP contribution in [0.1, 0.15) is 18.2 Å². The zero-order valence-corrected chi connectivity index (χ0v) is 6.70. The van der Waals surface area contributed by atoms with Gasteiger partial charge in [-0.15, -0.1) is 10.2 Å². The number of aromatic nitrogens is 3. The number of nitrogens with zero attached hydrogens (tertiary/aromatic N) is 3. The van der Waals surface area contributed by atoms with Crippen molar-refractivity contribution in [3.8, 4) is 0 Å². The summed E-state index contributed by atoms with van der Waals surface area (Å²) in [5.74, 6) is 7.03. The normalized spacial score (nSPS) is 23.2. The fourth-order valence-corrected chi connectivity index (χ4v) is 1.47. The zero-order chi connectivity index (χ0) is 8.55. The van der Waals surface area contributed by atoms with Crippen LogP contribution >= 0.6 is 0 Å². The highest BCUT2D eigenvalue weighted by molar-refractivity contribution is 5.19. The highest BCUT2D eigenvalue weighted by Crippen LogP contribution is 2.19. The number of nitrogen functional groups attached to an aromatic ring is 2. The Kier molecular flexibility index (Phi) is 1.61. The van der Waals surface area contributed by atoms with Crippen LogP contribution in [0.5, 0.6) is 0 Å². The Hall–Kier alpha value is -1.30. The topological polar surface area (TPSA) is 94.8 Å². The van der Waals surface area contributed by atoms with Crippen LogP contribution in [0.3, 0.4) is 0 Å². The summed E-state index contributed by atoms with van der Waals surface area (Å²) in [6, 6.07) is 0. The summed E-state index contributed by atoms with van der Waals surface area (Å²) < 4.78 is 1.36. The van der Waals surface area contributed by atoms with Gasteiger partial charge in [0.25, 0.3) is 0 Å². The second-order valence-corrected chi connectivity index (χ2v) is 2.98. The number of hydrogen-bond acceptors (Lipinski definition) is 5. The van der Waals surface area contributed by atoms with Crippen LogP contribution in [0, 0.1) is 0 Å². The minimum atomic E-state index is 0.275. The molecule has 2 heterocycles. The monoisotopic (exact) mass is 168 g/mol. The van der Waals surface area contributed by atoms with E-state index in [0.29, 0.717) is 5.92 Å². The third-order valence-electron chi connectivity index (χ3n) is 2.17. The molecule has 12 heavy (non-hydrogen) atoms. The minimum Gasteiger partial charge on any atom is -0.366 e. The molecule has 1 aliphatic rings. The van der Waals surface area contributed by atoms with Crippen LogP contribution in [0.25, 0.3) is 0 Å². The Bertz CT molecular complexity index is 274. The van der Waals surface area contributed by atoms with Gasteiger partial charge >= 0.3 is 0 Å². The number of rotatable bonds is 1. The number of nitrogens with one attached hydrogen (secondary N) is 1.